The summed E-state index contributed by atoms with van der Waals surface area (Å²) < 4.78 is 5.14. The second-order valence-corrected chi connectivity index (χ2v) is 4.29. The van der Waals surface area contributed by atoms with E-state index >= 15 is 0 Å². The topological polar surface area (TPSA) is 62.5 Å². The minimum Gasteiger partial charge on any atom is -0.480 e. The average Bonchev–Trinajstić information content (AvgIpc) is 2.58. The van der Waals surface area contributed by atoms with E-state index in [0.29, 0.717) is 6.42 Å². The summed E-state index contributed by atoms with van der Waals surface area (Å²) in [7, 11) is 1.66. The molecule has 0 aliphatic carbocycles. The Kier molecular flexibility index (Phi) is 4.71. The molecule has 0 radical (unpaired) electrons. The van der Waals surface area contributed by atoms with Gasteiger partial charge in [0, 0.05) is 10.6 Å². The number of carbonyl (C=O) groups is 1. The third-order valence-electron chi connectivity index (χ3n) is 2.12. The second kappa shape index (κ2) is 5.82. The molecule has 84 valence electrons. The summed E-state index contributed by atoms with van der Waals surface area (Å²) in [6, 6.07) is 1.43. The van der Waals surface area contributed by atoms with Gasteiger partial charge in [0.2, 0.25) is 0 Å². The zero-order valence-corrected chi connectivity index (χ0v) is 9.63. The largest absolute Gasteiger partial charge is 0.480 e. The quantitative estimate of drug-likeness (QED) is 0.727. The van der Waals surface area contributed by atoms with E-state index in [1.165, 1.54) is 0 Å². The highest BCUT2D eigenvalue weighted by Gasteiger charge is 2.14. The van der Waals surface area contributed by atoms with Crippen LogP contribution in [0.5, 0.6) is 0 Å². The van der Waals surface area contributed by atoms with E-state index in [0.717, 1.165) is 16.4 Å². The third-order valence-corrected chi connectivity index (χ3v) is 3.30. The number of rotatable bonds is 6. The Labute approximate surface area is 93.0 Å². The normalized spacial score (nSPS) is 12.7. The second-order valence-electron chi connectivity index (χ2n) is 3.16. The van der Waals surface area contributed by atoms with Gasteiger partial charge in [0.15, 0.2) is 0 Å². The van der Waals surface area contributed by atoms with Crippen molar-refractivity contribution in [2.75, 3.05) is 12.8 Å². The first-order valence-corrected chi connectivity index (χ1v) is 5.70. The van der Waals surface area contributed by atoms with Crippen molar-refractivity contribution in [3.8, 4) is 0 Å². The molecule has 0 spiro atoms. The molecule has 1 atom stereocenters. The summed E-state index contributed by atoms with van der Waals surface area (Å²) in [5, 5.41) is 11.6. The molecule has 1 aromatic heterocycles. The van der Waals surface area contributed by atoms with Gasteiger partial charge in [-0.1, -0.05) is 0 Å². The molecule has 0 bridgehead atoms. The molecule has 1 unspecified atom stereocenters. The molecule has 0 fully saturated rings. The van der Waals surface area contributed by atoms with E-state index in [4.69, 9.17) is 9.52 Å². The number of aryl methyl sites for hydroxylation is 1. The Morgan fingerprint density at radius 3 is 2.93 bits per heavy atom. The fourth-order valence-corrected chi connectivity index (χ4v) is 2.18. The summed E-state index contributed by atoms with van der Waals surface area (Å²) >= 11 is 1.62. The molecular formula is C10H15NO3S. The molecule has 15 heavy (non-hydrogen) atoms. The van der Waals surface area contributed by atoms with Crippen LogP contribution in [-0.2, 0) is 4.79 Å². The van der Waals surface area contributed by atoms with Crippen molar-refractivity contribution in [3.05, 3.63) is 18.1 Å². The predicted octanol–water partition coefficient (Wildman–Crippen LogP) is 1.74. The lowest BCUT2D eigenvalue weighted by Crippen LogP contribution is -2.34. The van der Waals surface area contributed by atoms with Crippen molar-refractivity contribution in [2.45, 2.75) is 24.3 Å². The van der Waals surface area contributed by atoms with Gasteiger partial charge in [0.25, 0.3) is 0 Å². The Bertz CT molecular complexity index is 324. The number of thioether (sulfide) groups is 1. The van der Waals surface area contributed by atoms with Gasteiger partial charge >= 0.3 is 5.97 Å². The number of hydrogen-bond acceptors (Lipinski definition) is 4. The zero-order valence-electron chi connectivity index (χ0n) is 8.82. The standard InChI is InChI=1S/C10H15NO3S/c1-7-9(3-5-14-7)15-6-4-8(11-2)10(12)13/h3,5,8,11H,4,6H2,1-2H3,(H,12,13). The molecule has 0 saturated carbocycles. The van der Waals surface area contributed by atoms with Gasteiger partial charge in [-0.05, 0) is 26.5 Å². The predicted molar refractivity (Wildman–Crippen MR) is 59.3 cm³/mol. The number of likely N-dealkylation sites (N-methyl/N-ethyl adjacent to an activating group) is 1. The molecular weight excluding hydrogens is 214 g/mol. The summed E-state index contributed by atoms with van der Waals surface area (Å²) in [6.45, 7) is 1.90. The van der Waals surface area contributed by atoms with Crippen LogP contribution in [0.4, 0.5) is 0 Å². The minimum atomic E-state index is -0.804. The third kappa shape index (κ3) is 3.60. The van der Waals surface area contributed by atoms with E-state index in [2.05, 4.69) is 5.32 Å². The monoisotopic (exact) mass is 229 g/mol. The number of hydrogen-bond donors (Lipinski definition) is 2. The lowest BCUT2D eigenvalue weighted by molar-refractivity contribution is -0.139. The van der Waals surface area contributed by atoms with E-state index in [1.807, 2.05) is 13.0 Å². The summed E-state index contributed by atoms with van der Waals surface area (Å²) in [4.78, 5) is 11.8. The number of furan rings is 1. The van der Waals surface area contributed by atoms with Crippen molar-refractivity contribution >= 4 is 17.7 Å². The first kappa shape index (κ1) is 12.1. The average molecular weight is 229 g/mol. The molecule has 0 amide bonds. The van der Waals surface area contributed by atoms with E-state index in [-0.39, 0.29) is 0 Å². The van der Waals surface area contributed by atoms with Gasteiger partial charge in [-0.15, -0.1) is 11.8 Å². The highest BCUT2D eigenvalue weighted by Crippen LogP contribution is 2.23. The Hall–Kier alpha value is -0.940. The lowest BCUT2D eigenvalue weighted by atomic mass is 10.2. The number of aliphatic carboxylic acids is 1. The van der Waals surface area contributed by atoms with Gasteiger partial charge in [0.05, 0.1) is 6.26 Å². The molecule has 0 aliphatic heterocycles. The molecule has 1 heterocycles. The summed E-state index contributed by atoms with van der Waals surface area (Å²) in [6.07, 6.45) is 2.24. The highest BCUT2D eigenvalue weighted by atomic mass is 32.2. The lowest BCUT2D eigenvalue weighted by Gasteiger charge is -2.09. The molecule has 4 nitrogen and oxygen atoms in total. The SMILES string of the molecule is CNC(CCSc1ccoc1C)C(=O)O. The van der Waals surface area contributed by atoms with Crippen LogP contribution in [0.2, 0.25) is 0 Å². The highest BCUT2D eigenvalue weighted by molar-refractivity contribution is 7.99. The molecule has 1 aromatic rings. The van der Waals surface area contributed by atoms with E-state index in [1.54, 1.807) is 25.1 Å². The van der Waals surface area contributed by atoms with Crippen molar-refractivity contribution < 1.29 is 14.3 Å². The van der Waals surface area contributed by atoms with Gasteiger partial charge in [-0.25, -0.2) is 0 Å². The van der Waals surface area contributed by atoms with Gasteiger partial charge in [-0.3, -0.25) is 4.79 Å². The van der Waals surface area contributed by atoms with Gasteiger partial charge < -0.3 is 14.8 Å². The Morgan fingerprint density at radius 2 is 2.47 bits per heavy atom. The van der Waals surface area contributed by atoms with Crippen LogP contribution in [0.3, 0.4) is 0 Å². The van der Waals surface area contributed by atoms with Crippen molar-refractivity contribution in [1.82, 2.24) is 5.32 Å². The van der Waals surface area contributed by atoms with Crippen molar-refractivity contribution in [1.29, 1.82) is 0 Å². The van der Waals surface area contributed by atoms with Crippen molar-refractivity contribution in [2.24, 2.45) is 0 Å². The van der Waals surface area contributed by atoms with Crippen LogP contribution < -0.4 is 5.32 Å². The Balaban J connectivity index is 2.33. The van der Waals surface area contributed by atoms with Crippen LogP contribution in [0.15, 0.2) is 21.6 Å². The fourth-order valence-electron chi connectivity index (χ4n) is 1.20. The maximum Gasteiger partial charge on any atom is 0.320 e. The number of carboxylic acids is 1. The molecule has 0 aromatic carbocycles. The summed E-state index contributed by atoms with van der Waals surface area (Å²) in [5.74, 6) is 0.844. The van der Waals surface area contributed by atoms with E-state index < -0.39 is 12.0 Å². The van der Waals surface area contributed by atoms with Crippen molar-refractivity contribution in [3.63, 3.8) is 0 Å². The zero-order chi connectivity index (χ0) is 11.3. The first-order chi connectivity index (χ1) is 7.15. The van der Waals surface area contributed by atoms with Crippen LogP contribution >= 0.6 is 11.8 Å². The van der Waals surface area contributed by atoms with Gasteiger partial charge in [0.1, 0.15) is 11.8 Å². The van der Waals surface area contributed by atoms with Crippen LogP contribution in [0.1, 0.15) is 12.2 Å². The molecule has 0 aliphatic rings. The number of carboxylic acid groups (broad SMARTS) is 1. The van der Waals surface area contributed by atoms with Gasteiger partial charge in [-0.2, -0.15) is 0 Å². The molecule has 1 rings (SSSR count). The molecule has 2 N–H and O–H groups in total. The first-order valence-electron chi connectivity index (χ1n) is 4.72. The van der Waals surface area contributed by atoms with Crippen LogP contribution in [0.25, 0.3) is 0 Å². The minimum absolute atomic E-state index is 0.468. The smallest absolute Gasteiger partial charge is 0.320 e. The maximum absolute atomic E-state index is 10.7. The Morgan fingerprint density at radius 1 is 1.73 bits per heavy atom. The van der Waals surface area contributed by atoms with Crippen LogP contribution in [-0.4, -0.2) is 29.9 Å². The van der Waals surface area contributed by atoms with E-state index in [9.17, 15) is 4.79 Å². The molecule has 0 saturated heterocycles. The summed E-state index contributed by atoms with van der Waals surface area (Å²) in [5.41, 5.74) is 0. The fraction of sp³-hybridized carbons (Fsp3) is 0.500. The number of nitrogens with one attached hydrogen (secondary N) is 1. The molecule has 5 heteroatoms. The maximum atomic E-state index is 10.7. The van der Waals surface area contributed by atoms with Crippen LogP contribution in [0, 0.1) is 6.92 Å².